The summed E-state index contributed by atoms with van der Waals surface area (Å²) in [7, 11) is 0. The highest BCUT2D eigenvalue weighted by molar-refractivity contribution is 6.38. The highest BCUT2D eigenvalue weighted by Gasteiger charge is 2.09. The van der Waals surface area contributed by atoms with Crippen molar-refractivity contribution in [3.63, 3.8) is 0 Å². The average Bonchev–Trinajstić information content (AvgIpc) is 2.29. The number of hydrogen-bond acceptors (Lipinski definition) is 3. The minimum Gasteiger partial charge on any atom is -0.267 e. The summed E-state index contributed by atoms with van der Waals surface area (Å²) in [5.41, 5.74) is 0.196. The van der Waals surface area contributed by atoms with Crippen LogP contribution in [-0.2, 0) is 6.54 Å². The quantitative estimate of drug-likeness (QED) is 0.863. The van der Waals surface area contributed by atoms with Gasteiger partial charge in [0, 0.05) is 11.6 Å². The number of fused-ring (bicyclic) bond motifs is 1. The van der Waals surface area contributed by atoms with Crippen LogP contribution in [0.5, 0.6) is 0 Å². The molecule has 17 heavy (non-hydrogen) atoms. The summed E-state index contributed by atoms with van der Waals surface area (Å²) in [6, 6.07) is 3.12. The van der Waals surface area contributed by atoms with Crippen molar-refractivity contribution in [2.24, 2.45) is 0 Å². The fraction of sp³-hybridized carbons (Fsp3) is 0.364. The molecule has 0 atom stereocenters. The Labute approximate surface area is 108 Å². The van der Waals surface area contributed by atoms with Gasteiger partial charge in [-0.25, -0.2) is 4.68 Å². The first-order valence-corrected chi connectivity index (χ1v) is 6.11. The first-order valence-electron chi connectivity index (χ1n) is 5.36. The van der Waals surface area contributed by atoms with E-state index in [0.717, 1.165) is 12.8 Å². The zero-order valence-corrected chi connectivity index (χ0v) is 10.8. The van der Waals surface area contributed by atoms with Crippen LogP contribution < -0.4 is 5.56 Å². The van der Waals surface area contributed by atoms with Gasteiger partial charge in [0.1, 0.15) is 5.52 Å². The van der Waals surface area contributed by atoms with Crippen molar-refractivity contribution in [3.8, 4) is 0 Å². The molecule has 1 aromatic heterocycles. The molecule has 0 bridgehead atoms. The number of rotatable bonds is 3. The smallest absolute Gasteiger partial charge is 0.267 e. The van der Waals surface area contributed by atoms with Gasteiger partial charge in [-0.05, 0) is 18.6 Å². The molecule has 0 saturated heterocycles. The number of hydrogen-bond donors (Lipinski definition) is 0. The van der Waals surface area contributed by atoms with Gasteiger partial charge in [-0.15, -0.1) is 5.10 Å². The Bertz CT molecular complexity index is 609. The number of halogens is 2. The zero-order chi connectivity index (χ0) is 12.4. The Morgan fingerprint density at radius 1 is 1.35 bits per heavy atom. The van der Waals surface area contributed by atoms with E-state index in [9.17, 15) is 4.79 Å². The predicted octanol–water partition coefficient (Wildman–Crippen LogP) is 2.90. The van der Waals surface area contributed by atoms with Crippen molar-refractivity contribution < 1.29 is 0 Å². The minimum absolute atomic E-state index is 0.201. The molecule has 90 valence electrons. The number of unbranched alkanes of at least 4 members (excludes halogenated alkanes) is 1. The van der Waals surface area contributed by atoms with Gasteiger partial charge >= 0.3 is 0 Å². The van der Waals surface area contributed by atoms with Gasteiger partial charge in [0.05, 0.1) is 10.4 Å². The largest absolute Gasteiger partial charge is 0.277 e. The third-order valence-electron chi connectivity index (χ3n) is 2.47. The molecule has 2 rings (SSSR count). The van der Waals surface area contributed by atoms with Crippen molar-refractivity contribution >= 4 is 34.1 Å². The second-order valence-corrected chi connectivity index (χ2v) is 4.60. The van der Waals surface area contributed by atoms with Gasteiger partial charge in [0.15, 0.2) is 0 Å². The lowest BCUT2D eigenvalue weighted by Gasteiger charge is -2.04. The van der Waals surface area contributed by atoms with E-state index in [0.29, 0.717) is 27.5 Å². The van der Waals surface area contributed by atoms with E-state index in [2.05, 4.69) is 10.3 Å². The normalized spacial score (nSPS) is 11.0. The predicted molar refractivity (Wildman–Crippen MR) is 68.7 cm³/mol. The molecule has 0 aliphatic heterocycles. The van der Waals surface area contributed by atoms with E-state index in [1.807, 2.05) is 6.92 Å². The second kappa shape index (κ2) is 5.02. The fourth-order valence-electron chi connectivity index (χ4n) is 1.56. The summed E-state index contributed by atoms with van der Waals surface area (Å²) in [4.78, 5) is 12.1. The Morgan fingerprint density at radius 3 is 2.82 bits per heavy atom. The highest BCUT2D eigenvalue weighted by atomic mass is 35.5. The molecule has 0 spiro atoms. The lowest BCUT2D eigenvalue weighted by molar-refractivity contribution is 0.520. The molecule has 0 unspecified atom stereocenters. The third-order valence-corrected chi connectivity index (χ3v) is 2.98. The molecule has 0 saturated carbocycles. The summed E-state index contributed by atoms with van der Waals surface area (Å²) in [6.07, 6.45) is 1.87. The van der Waals surface area contributed by atoms with Crippen LogP contribution in [0.1, 0.15) is 19.8 Å². The fourth-order valence-corrected chi connectivity index (χ4v) is 2.09. The Balaban J connectivity index is 2.62. The monoisotopic (exact) mass is 271 g/mol. The Kier molecular flexibility index (Phi) is 3.64. The Hall–Kier alpha value is -1.13. The van der Waals surface area contributed by atoms with Crippen molar-refractivity contribution in [2.45, 2.75) is 26.3 Å². The van der Waals surface area contributed by atoms with Crippen LogP contribution in [0.3, 0.4) is 0 Å². The third kappa shape index (κ3) is 2.42. The van der Waals surface area contributed by atoms with Crippen LogP contribution in [0.2, 0.25) is 10.0 Å². The minimum atomic E-state index is -0.201. The van der Waals surface area contributed by atoms with Crippen LogP contribution >= 0.6 is 23.2 Å². The van der Waals surface area contributed by atoms with Gasteiger partial charge < -0.3 is 0 Å². The van der Waals surface area contributed by atoms with Crippen LogP contribution in [-0.4, -0.2) is 15.0 Å². The summed E-state index contributed by atoms with van der Waals surface area (Å²) in [5, 5.41) is 9.00. The zero-order valence-electron chi connectivity index (χ0n) is 9.28. The molecule has 6 heteroatoms. The number of aryl methyl sites for hydroxylation is 1. The standard InChI is InChI=1S/C11H11Cl2N3O/c1-2-3-4-16-11(17)8-5-7(12)6-9(13)10(8)14-15-16/h5-6H,2-4H2,1H3. The maximum atomic E-state index is 12.1. The second-order valence-electron chi connectivity index (χ2n) is 3.76. The van der Waals surface area contributed by atoms with E-state index in [4.69, 9.17) is 23.2 Å². The number of nitrogens with zero attached hydrogens (tertiary/aromatic N) is 3. The lowest BCUT2D eigenvalue weighted by atomic mass is 10.2. The van der Waals surface area contributed by atoms with E-state index >= 15 is 0 Å². The van der Waals surface area contributed by atoms with Crippen LogP contribution in [0.15, 0.2) is 16.9 Å². The van der Waals surface area contributed by atoms with Gasteiger partial charge in [-0.3, -0.25) is 4.79 Å². The summed E-state index contributed by atoms with van der Waals surface area (Å²) >= 11 is 11.8. The van der Waals surface area contributed by atoms with Crippen LogP contribution in [0, 0.1) is 0 Å². The van der Waals surface area contributed by atoms with Crippen molar-refractivity contribution in [1.29, 1.82) is 0 Å². The SMILES string of the molecule is CCCCn1nnc2c(Cl)cc(Cl)cc2c1=O. The average molecular weight is 272 g/mol. The van der Waals surface area contributed by atoms with Crippen LogP contribution in [0.25, 0.3) is 10.9 Å². The van der Waals surface area contributed by atoms with Crippen molar-refractivity contribution in [3.05, 3.63) is 32.5 Å². The summed E-state index contributed by atoms with van der Waals surface area (Å²) in [6.45, 7) is 2.61. The molecule has 0 N–H and O–H groups in total. The first-order chi connectivity index (χ1) is 8.13. The van der Waals surface area contributed by atoms with E-state index < -0.39 is 0 Å². The maximum absolute atomic E-state index is 12.1. The lowest BCUT2D eigenvalue weighted by Crippen LogP contribution is -2.24. The molecule has 2 aromatic rings. The van der Waals surface area contributed by atoms with E-state index in [1.165, 1.54) is 4.68 Å². The molecule has 1 heterocycles. The van der Waals surface area contributed by atoms with Gasteiger partial charge in [0.25, 0.3) is 5.56 Å². The van der Waals surface area contributed by atoms with Crippen molar-refractivity contribution in [2.75, 3.05) is 0 Å². The molecule has 4 nitrogen and oxygen atoms in total. The highest BCUT2D eigenvalue weighted by Crippen LogP contribution is 2.23. The summed E-state index contributed by atoms with van der Waals surface area (Å²) < 4.78 is 1.35. The molecule has 0 radical (unpaired) electrons. The maximum Gasteiger partial charge on any atom is 0.277 e. The topological polar surface area (TPSA) is 47.8 Å². The molecule has 1 aromatic carbocycles. The van der Waals surface area contributed by atoms with Gasteiger partial charge in [-0.2, -0.15) is 0 Å². The Morgan fingerprint density at radius 2 is 2.12 bits per heavy atom. The molecule has 0 aliphatic carbocycles. The molecule has 0 fully saturated rings. The van der Waals surface area contributed by atoms with Gasteiger partial charge in [-0.1, -0.05) is 41.8 Å². The van der Waals surface area contributed by atoms with Crippen LogP contribution in [0.4, 0.5) is 0 Å². The molecule has 0 aliphatic rings. The van der Waals surface area contributed by atoms with E-state index in [-0.39, 0.29) is 5.56 Å². The van der Waals surface area contributed by atoms with Gasteiger partial charge in [0.2, 0.25) is 0 Å². The number of benzene rings is 1. The first kappa shape index (κ1) is 12.3. The molecular weight excluding hydrogens is 261 g/mol. The summed E-state index contributed by atoms with van der Waals surface area (Å²) in [5.74, 6) is 0. The molecule has 0 amide bonds. The molecular formula is C11H11Cl2N3O. The van der Waals surface area contributed by atoms with E-state index in [1.54, 1.807) is 12.1 Å². The van der Waals surface area contributed by atoms with Crippen molar-refractivity contribution in [1.82, 2.24) is 15.0 Å². The number of aromatic nitrogens is 3.